The van der Waals surface area contributed by atoms with Gasteiger partial charge in [0.05, 0.1) is 6.61 Å². The fourth-order valence-electron chi connectivity index (χ4n) is 2.66. The van der Waals surface area contributed by atoms with Crippen molar-refractivity contribution < 1.29 is 14.3 Å². The lowest BCUT2D eigenvalue weighted by Gasteiger charge is -2.41. The fraction of sp³-hybridized carbons (Fsp3) is 0.500. The first-order valence-corrected chi connectivity index (χ1v) is 7.80. The number of halogens is 1. The van der Waals surface area contributed by atoms with E-state index in [1.54, 1.807) is 11.8 Å². The molecule has 0 spiro atoms. The third kappa shape index (κ3) is 3.53. The number of aryl methyl sites for hydroxylation is 1. The molecule has 0 saturated carbocycles. The number of esters is 1. The topological polar surface area (TPSA) is 49.9 Å². The number of rotatable bonds is 2. The molecule has 120 valence electrons. The van der Waals surface area contributed by atoms with Crippen LogP contribution in [0.4, 0.5) is 5.69 Å². The lowest BCUT2D eigenvalue weighted by molar-refractivity contribution is -0.160. The SMILES string of the molecule is CCOC(=O)C(=O)N1CCN(c2ccc(Cl)c(C)c2)[C@H](C)C1. The Labute approximate surface area is 135 Å². The molecule has 1 aliphatic rings. The molecule has 1 heterocycles. The third-order valence-corrected chi connectivity index (χ3v) is 4.26. The maximum absolute atomic E-state index is 12.0. The van der Waals surface area contributed by atoms with Gasteiger partial charge in [0.2, 0.25) is 0 Å². The highest BCUT2D eigenvalue weighted by Gasteiger charge is 2.30. The summed E-state index contributed by atoms with van der Waals surface area (Å²) >= 11 is 6.06. The van der Waals surface area contributed by atoms with Gasteiger partial charge in [-0.25, -0.2) is 4.79 Å². The molecule has 1 aromatic carbocycles. The summed E-state index contributed by atoms with van der Waals surface area (Å²) in [4.78, 5) is 27.3. The zero-order chi connectivity index (χ0) is 16.3. The van der Waals surface area contributed by atoms with Crippen LogP contribution in [0.15, 0.2) is 18.2 Å². The number of hydrogen-bond acceptors (Lipinski definition) is 4. The Kier molecular flexibility index (Phi) is 5.29. The number of carbonyl (C=O) groups is 2. The third-order valence-electron chi connectivity index (χ3n) is 3.84. The molecule has 1 fully saturated rings. The molecule has 1 atom stereocenters. The number of piperazine rings is 1. The Hall–Kier alpha value is -1.75. The van der Waals surface area contributed by atoms with Crippen LogP contribution in [-0.4, -0.2) is 49.1 Å². The van der Waals surface area contributed by atoms with Gasteiger partial charge in [-0.3, -0.25) is 4.79 Å². The maximum atomic E-state index is 12.0. The minimum absolute atomic E-state index is 0.118. The van der Waals surface area contributed by atoms with Crippen molar-refractivity contribution in [1.29, 1.82) is 0 Å². The van der Waals surface area contributed by atoms with Gasteiger partial charge in [0, 0.05) is 36.4 Å². The van der Waals surface area contributed by atoms with Crippen molar-refractivity contribution in [2.24, 2.45) is 0 Å². The maximum Gasteiger partial charge on any atom is 0.397 e. The molecule has 0 aromatic heterocycles. The summed E-state index contributed by atoms with van der Waals surface area (Å²) in [5.74, 6) is -1.33. The van der Waals surface area contributed by atoms with Crippen LogP contribution in [0.25, 0.3) is 0 Å². The normalized spacial score (nSPS) is 18.3. The van der Waals surface area contributed by atoms with Crippen molar-refractivity contribution in [3.05, 3.63) is 28.8 Å². The van der Waals surface area contributed by atoms with Crippen LogP contribution in [0.2, 0.25) is 5.02 Å². The molecule has 6 heteroatoms. The monoisotopic (exact) mass is 324 g/mol. The van der Waals surface area contributed by atoms with Crippen LogP contribution in [0.3, 0.4) is 0 Å². The van der Waals surface area contributed by atoms with Crippen molar-refractivity contribution in [3.63, 3.8) is 0 Å². The van der Waals surface area contributed by atoms with Crippen LogP contribution in [-0.2, 0) is 14.3 Å². The predicted octanol–water partition coefficient (Wildman–Crippen LogP) is 2.25. The molecule has 5 nitrogen and oxygen atoms in total. The van der Waals surface area contributed by atoms with Gasteiger partial charge in [-0.2, -0.15) is 0 Å². The quantitative estimate of drug-likeness (QED) is 0.618. The molecular formula is C16H21ClN2O3. The van der Waals surface area contributed by atoms with Gasteiger partial charge < -0.3 is 14.5 Å². The van der Waals surface area contributed by atoms with E-state index in [1.807, 2.05) is 32.0 Å². The van der Waals surface area contributed by atoms with Gasteiger partial charge in [-0.05, 0) is 44.5 Å². The van der Waals surface area contributed by atoms with Gasteiger partial charge in [0.25, 0.3) is 0 Å². The summed E-state index contributed by atoms with van der Waals surface area (Å²) in [5, 5.41) is 0.743. The second kappa shape index (κ2) is 7.01. The van der Waals surface area contributed by atoms with Crippen molar-refractivity contribution in [2.45, 2.75) is 26.8 Å². The number of ether oxygens (including phenoxy) is 1. The number of benzene rings is 1. The first-order chi connectivity index (χ1) is 10.4. The number of hydrogen-bond donors (Lipinski definition) is 0. The highest BCUT2D eigenvalue weighted by atomic mass is 35.5. The van der Waals surface area contributed by atoms with Crippen LogP contribution in [0, 0.1) is 6.92 Å². The molecule has 1 aromatic rings. The Morgan fingerprint density at radius 3 is 2.68 bits per heavy atom. The van der Waals surface area contributed by atoms with E-state index in [4.69, 9.17) is 16.3 Å². The van der Waals surface area contributed by atoms with E-state index in [-0.39, 0.29) is 12.6 Å². The number of anilines is 1. The number of amides is 1. The molecule has 0 radical (unpaired) electrons. The van der Waals surface area contributed by atoms with Gasteiger partial charge in [0.1, 0.15) is 0 Å². The van der Waals surface area contributed by atoms with Crippen LogP contribution < -0.4 is 4.90 Å². The minimum Gasteiger partial charge on any atom is -0.459 e. The number of carbonyl (C=O) groups excluding carboxylic acids is 2. The van der Waals surface area contributed by atoms with Crippen molar-refractivity contribution in [3.8, 4) is 0 Å². The second-order valence-corrected chi connectivity index (χ2v) is 5.85. The molecule has 2 rings (SSSR count). The Morgan fingerprint density at radius 1 is 1.36 bits per heavy atom. The van der Waals surface area contributed by atoms with E-state index >= 15 is 0 Å². The molecule has 22 heavy (non-hydrogen) atoms. The van der Waals surface area contributed by atoms with Gasteiger partial charge in [-0.15, -0.1) is 0 Å². The van der Waals surface area contributed by atoms with Gasteiger partial charge >= 0.3 is 11.9 Å². The van der Waals surface area contributed by atoms with E-state index < -0.39 is 11.9 Å². The fourth-order valence-corrected chi connectivity index (χ4v) is 2.77. The lowest BCUT2D eigenvalue weighted by Crippen LogP contribution is -2.55. The first-order valence-electron chi connectivity index (χ1n) is 7.42. The molecule has 1 saturated heterocycles. The van der Waals surface area contributed by atoms with Crippen LogP contribution >= 0.6 is 11.6 Å². The second-order valence-electron chi connectivity index (χ2n) is 5.45. The summed E-state index contributed by atoms with van der Waals surface area (Å²) in [7, 11) is 0. The molecular weight excluding hydrogens is 304 g/mol. The zero-order valence-electron chi connectivity index (χ0n) is 13.1. The summed E-state index contributed by atoms with van der Waals surface area (Å²) < 4.78 is 4.77. The highest BCUT2D eigenvalue weighted by molar-refractivity contribution is 6.32. The Morgan fingerprint density at radius 2 is 2.09 bits per heavy atom. The van der Waals surface area contributed by atoms with E-state index in [0.717, 1.165) is 16.3 Å². The molecule has 0 unspecified atom stereocenters. The smallest absolute Gasteiger partial charge is 0.397 e. The Balaban J connectivity index is 2.05. The molecule has 1 amide bonds. The predicted molar refractivity (Wildman–Crippen MR) is 86.2 cm³/mol. The molecule has 1 aliphatic heterocycles. The van der Waals surface area contributed by atoms with Crippen molar-refractivity contribution in [1.82, 2.24) is 4.90 Å². The minimum atomic E-state index is -0.773. The van der Waals surface area contributed by atoms with Crippen LogP contribution in [0.5, 0.6) is 0 Å². The standard InChI is InChI=1S/C16H21ClN2O3/c1-4-22-16(21)15(20)18-7-8-19(12(3)10-18)13-5-6-14(17)11(2)9-13/h5-6,9,12H,4,7-8,10H2,1-3H3/t12-/m1/s1. The lowest BCUT2D eigenvalue weighted by atomic mass is 10.1. The van der Waals surface area contributed by atoms with E-state index in [9.17, 15) is 9.59 Å². The summed E-state index contributed by atoms with van der Waals surface area (Å²) in [6.45, 7) is 7.58. The van der Waals surface area contributed by atoms with E-state index in [2.05, 4.69) is 4.90 Å². The molecule has 0 N–H and O–H groups in total. The molecule has 0 bridgehead atoms. The van der Waals surface area contributed by atoms with E-state index in [0.29, 0.717) is 19.6 Å². The van der Waals surface area contributed by atoms with Crippen LogP contribution in [0.1, 0.15) is 19.4 Å². The average molecular weight is 325 g/mol. The highest BCUT2D eigenvalue weighted by Crippen LogP contribution is 2.25. The Bertz CT molecular complexity index is 577. The summed E-state index contributed by atoms with van der Waals surface area (Å²) in [5.41, 5.74) is 2.11. The van der Waals surface area contributed by atoms with Gasteiger partial charge in [-0.1, -0.05) is 11.6 Å². The summed E-state index contributed by atoms with van der Waals surface area (Å²) in [6, 6.07) is 6.03. The number of nitrogens with zero attached hydrogens (tertiary/aromatic N) is 2. The summed E-state index contributed by atoms with van der Waals surface area (Å²) in [6.07, 6.45) is 0. The largest absolute Gasteiger partial charge is 0.459 e. The van der Waals surface area contributed by atoms with E-state index in [1.165, 1.54) is 0 Å². The molecule has 0 aliphatic carbocycles. The van der Waals surface area contributed by atoms with Crippen molar-refractivity contribution >= 4 is 29.2 Å². The van der Waals surface area contributed by atoms with Crippen molar-refractivity contribution in [2.75, 3.05) is 31.1 Å². The van der Waals surface area contributed by atoms with Gasteiger partial charge in [0.15, 0.2) is 0 Å². The zero-order valence-corrected chi connectivity index (χ0v) is 13.9. The first kappa shape index (κ1) is 16.6. The average Bonchev–Trinajstić information content (AvgIpc) is 2.49.